The smallest absolute Gasteiger partial charge is 0.249 e. The maximum absolute atomic E-state index is 12.6. The summed E-state index contributed by atoms with van der Waals surface area (Å²) in [5.74, 6) is 0.345. The molecule has 2 amide bonds. The SMILES string of the molecule is Cc1cscc1CN1CC(=O)NC(C)(C2CC2)C1=O. The second kappa shape index (κ2) is 4.34. The predicted molar refractivity (Wildman–Crippen MR) is 73.7 cm³/mol. The molecule has 2 aliphatic rings. The quantitative estimate of drug-likeness (QED) is 0.914. The monoisotopic (exact) mass is 278 g/mol. The van der Waals surface area contributed by atoms with E-state index in [1.54, 1.807) is 16.2 Å². The van der Waals surface area contributed by atoms with Crippen molar-refractivity contribution in [3.8, 4) is 0 Å². The van der Waals surface area contributed by atoms with Gasteiger partial charge in [-0.3, -0.25) is 9.59 Å². The molecule has 1 saturated carbocycles. The highest BCUT2D eigenvalue weighted by Gasteiger charge is 2.52. The Kier molecular flexibility index (Phi) is 2.89. The first-order valence-corrected chi connectivity index (χ1v) is 7.57. The number of carbonyl (C=O) groups is 2. The van der Waals surface area contributed by atoms with Crippen LogP contribution in [0.4, 0.5) is 0 Å². The maximum Gasteiger partial charge on any atom is 0.249 e. The number of amides is 2. The summed E-state index contributed by atoms with van der Waals surface area (Å²) in [4.78, 5) is 26.2. The molecule has 102 valence electrons. The Morgan fingerprint density at radius 2 is 2.16 bits per heavy atom. The molecule has 1 atom stereocenters. The summed E-state index contributed by atoms with van der Waals surface area (Å²) in [6.07, 6.45) is 2.07. The molecule has 5 heteroatoms. The van der Waals surface area contributed by atoms with Gasteiger partial charge in [0, 0.05) is 6.54 Å². The fourth-order valence-electron chi connectivity index (χ4n) is 2.78. The number of rotatable bonds is 3. The number of carbonyl (C=O) groups excluding carboxylic acids is 2. The molecular weight excluding hydrogens is 260 g/mol. The van der Waals surface area contributed by atoms with Gasteiger partial charge in [0.15, 0.2) is 0 Å². The zero-order valence-corrected chi connectivity index (χ0v) is 12.0. The zero-order chi connectivity index (χ0) is 13.6. The van der Waals surface area contributed by atoms with Crippen molar-refractivity contribution in [2.24, 2.45) is 5.92 Å². The number of nitrogens with one attached hydrogen (secondary N) is 1. The van der Waals surface area contributed by atoms with Gasteiger partial charge in [-0.15, -0.1) is 0 Å². The van der Waals surface area contributed by atoms with Gasteiger partial charge < -0.3 is 10.2 Å². The zero-order valence-electron chi connectivity index (χ0n) is 11.2. The minimum Gasteiger partial charge on any atom is -0.340 e. The first kappa shape index (κ1) is 12.7. The molecule has 1 aliphatic heterocycles. The van der Waals surface area contributed by atoms with Crippen LogP contribution in [0.2, 0.25) is 0 Å². The molecule has 1 N–H and O–H groups in total. The van der Waals surface area contributed by atoms with Crippen LogP contribution >= 0.6 is 11.3 Å². The summed E-state index contributed by atoms with van der Waals surface area (Å²) < 4.78 is 0. The fraction of sp³-hybridized carbons (Fsp3) is 0.571. The molecular formula is C14H18N2O2S. The lowest BCUT2D eigenvalue weighted by Gasteiger charge is -2.40. The molecule has 1 unspecified atom stereocenters. The molecule has 0 spiro atoms. The van der Waals surface area contributed by atoms with E-state index in [1.807, 2.05) is 13.8 Å². The third-order valence-electron chi connectivity index (χ3n) is 4.18. The van der Waals surface area contributed by atoms with Gasteiger partial charge in [-0.25, -0.2) is 0 Å². The number of aryl methyl sites for hydroxylation is 1. The second-order valence-corrected chi connectivity index (χ2v) is 6.51. The van der Waals surface area contributed by atoms with Gasteiger partial charge in [0.25, 0.3) is 0 Å². The van der Waals surface area contributed by atoms with Crippen LogP contribution in [0.25, 0.3) is 0 Å². The van der Waals surface area contributed by atoms with Crippen molar-refractivity contribution < 1.29 is 9.59 Å². The highest BCUT2D eigenvalue weighted by molar-refractivity contribution is 7.08. The Balaban J connectivity index is 1.82. The van der Waals surface area contributed by atoms with E-state index in [0.29, 0.717) is 12.5 Å². The summed E-state index contributed by atoms with van der Waals surface area (Å²) >= 11 is 1.64. The van der Waals surface area contributed by atoms with E-state index in [4.69, 9.17) is 0 Å². The van der Waals surface area contributed by atoms with Crippen LogP contribution in [0.15, 0.2) is 10.8 Å². The molecule has 1 aromatic heterocycles. The first-order valence-electron chi connectivity index (χ1n) is 6.63. The van der Waals surface area contributed by atoms with Gasteiger partial charge in [-0.1, -0.05) is 0 Å². The van der Waals surface area contributed by atoms with Crippen LogP contribution in [0.3, 0.4) is 0 Å². The highest BCUT2D eigenvalue weighted by Crippen LogP contribution is 2.41. The van der Waals surface area contributed by atoms with Gasteiger partial charge in [0.2, 0.25) is 11.8 Å². The lowest BCUT2D eigenvalue weighted by Crippen LogP contribution is -2.66. The van der Waals surface area contributed by atoms with Crippen LogP contribution in [0.1, 0.15) is 30.9 Å². The largest absolute Gasteiger partial charge is 0.340 e. The number of piperazine rings is 1. The Bertz CT molecular complexity index is 535. The van der Waals surface area contributed by atoms with Crippen LogP contribution in [0.5, 0.6) is 0 Å². The standard InChI is InChI=1S/C14H18N2O2S/c1-9-7-19-8-10(9)5-16-6-12(17)15-14(2,13(16)18)11-3-4-11/h7-8,11H,3-6H2,1-2H3,(H,15,17). The minimum atomic E-state index is -0.681. The lowest BCUT2D eigenvalue weighted by molar-refractivity contribution is -0.150. The van der Waals surface area contributed by atoms with E-state index >= 15 is 0 Å². The van der Waals surface area contributed by atoms with E-state index in [-0.39, 0.29) is 18.4 Å². The van der Waals surface area contributed by atoms with Crippen molar-refractivity contribution >= 4 is 23.2 Å². The molecule has 0 bridgehead atoms. The van der Waals surface area contributed by atoms with Crippen molar-refractivity contribution in [3.63, 3.8) is 0 Å². The van der Waals surface area contributed by atoms with Crippen LogP contribution in [0, 0.1) is 12.8 Å². The van der Waals surface area contributed by atoms with E-state index in [0.717, 1.165) is 18.4 Å². The van der Waals surface area contributed by atoms with Crippen molar-refractivity contribution in [1.29, 1.82) is 0 Å². The fourth-order valence-corrected chi connectivity index (χ4v) is 3.62. The molecule has 4 nitrogen and oxygen atoms in total. The number of nitrogens with zero attached hydrogens (tertiary/aromatic N) is 1. The molecule has 0 aromatic carbocycles. The van der Waals surface area contributed by atoms with E-state index < -0.39 is 5.54 Å². The predicted octanol–water partition coefficient (Wildman–Crippen LogP) is 1.68. The van der Waals surface area contributed by atoms with Crippen LogP contribution in [-0.4, -0.2) is 28.8 Å². The number of hydrogen-bond donors (Lipinski definition) is 1. The Labute approximate surface area is 116 Å². The number of hydrogen-bond acceptors (Lipinski definition) is 3. The van der Waals surface area contributed by atoms with Crippen molar-refractivity contribution in [2.75, 3.05) is 6.54 Å². The van der Waals surface area contributed by atoms with Gasteiger partial charge in [-0.2, -0.15) is 11.3 Å². The molecule has 1 aromatic rings. The van der Waals surface area contributed by atoms with Crippen molar-refractivity contribution in [3.05, 3.63) is 21.9 Å². The third kappa shape index (κ3) is 2.16. The Morgan fingerprint density at radius 3 is 2.74 bits per heavy atom. The summed E-state index contributed by atoms with van der Waals surface area (Å²) in [7, 11) is 0. The van der Waals surface area contributed by atoms with E-state index in [1.165, 1.54) is 5.56 Å². The van der Waals surface area contributed by atoms with Gasteiger partial charge in [0.1, 0.15) is 5.54 Å². The molecule has 19 heavy (non-hydrogen) atoms. The van der Waals surface area contributed by atoms with E-state index in [2.05, 4.69) is 16.1 Å². The summed E-state index contributed by atoms with van der Waals surface area (Å²) in [5.41, 5.74) is 1.65. The average Bonchev–Trinajstić information content (AvgIpc) is 3.13. The normalized spacial score (nSPS) is 27.6. The van der Waals surface area contributed by atoms with Crippen molar-refractivity contribution in [2.45, 2.75) is 38.8 Å². The van der Waals surface area contributed by atoms with Crippen LogP contribution in [-0.2, 0) is 16.1 Å². The third-order valence-corrected chi connectivity index (χ3v) is 5.09. The topological polar surface area (TPSA) is 49.4 Å². The summed E-state index contributed by atoms with van der Waals surface area (Å²) in [6, 6.07) is 0. The molecule has 0 radical (unpaired) electrons. The minimum absolute atomic E-state index is 0.0399. The molecule has 1 aliphatic carbocycles. The Hall–Kier alpha value is -1.36. The van der Waals surface area contributed by atoms with Gasteiger partial charge in [0.05, 0.1) is 6.54 Å². The first-order chi connectivity index (χ1) is 9.00. The highest BCUT2D eigenvalue weighted by atomic mass is 32.1. The van der Waals surface area contributed by atoms with E-state index in [9.17, 15) is 9.59 Å². The summed E-state index contributed by atoms with van der Waals surface area (Å²) in [6.45, 7) is 4.64. The van der Waals surface area contributed by atoms with Gasteiger partial charge >= 0.3 is 0 Å². The Morgan fingerprint density at radius 1 is 1.42 bits per heavy atom. The molecule has 2 fully saturated rings. The van der Waals surface area contributed by atoms with Gasteiger partial charge in [-0.05, 0) is 54.5 Å². The number of thiophene rings is 1. The van der Waals surface area contributed by atoms with Crippen LogP contribution < -0.4 is 5.32 Å². The lowest BCUT2D eigenvalue weighted by atomic mass is 9.91. The molecule has 1 saturated heterocycles. The summed E-state index contributed by atoms with van der Waals surface area (Å²) in [5, 5.41) is 7.03. The average molecular weight is 278 g/mol. The molecule has 2 heterocycles. The maximum atomic E-state index is 12.6. The molecule has 3 rings (SSSR count). The second-order valence-electron chi connectivity index (χ2n) is 5.77. The van der Waals surface area contributed by atoms with Crippen molar-refractivity contribution in [1.82, 2.24) is 10.2 Å².